The van der Waals surface area contributed by atoms with E-state index in [1.165, 1.54) is 6.08 Å². The van der Waals surface area contributed by atoms with Gasteiger partial charge in [0.1, 0.15) is 0 Å². The molecule has 1 rings (SSSR count). The van der Waals surface area contributed by atoms with Crippen molar-refractivity contribution in [1.82, 2.24) is 10.3 Å². The lowest BCUT2D eigenvalue weighted by molar-refractivity contribution is -0.116. The Bertz CT molecular complexity index is 358. The quantitative estimate of drug-likeness (QED) is 0.752. The number of carbonyl (C=O) groups is 1. The molecule has 2 N–H and O–H groups in total. The minimum absolute atomic E-state index is 0.221. The summed E-state index contributed by atoms with van der Waals surface area (Å²) < 4.78 is 0. The first kappa shape index (κ1) is 11.9. The second kappa shape index (κ2) is 5.63. The summed E-state index contributed by atoms with van der Waals surface area (Å²) in [5.41, 5.74) is 0.782. The van der Waals surface area contributed by atoms with Crippen LogP contribution in [0.15, 0.2) is 11.5 Å². The molecule has 1 heterocycles. The maximum absolute atomic E-state index is 11.2. The number of nitrogens with one attached hydrogen (secondary N) is 1. The maximum atomic E-state index is 11.2. The second-order valence-corrected chi connectivity index (χ2v) is 4.28. The fourth-order valence-corrected chi connectivity index (χ4v) is 1.51. The van der Waals surface area contributed by atoms with Gasteiger partial charge in [-0.05, 0) is 19.9 Å². The van der Waals surface area contributed by atoms with Crippen molar-refractivity contribution in [2.75, 3.05) is 6.54 Å². The van der Waals surface area contributed by atoms with Crippen LogP contribution in [-0.4, -0.2) is 28.6 Å². The third-order valence-electron chi connectivity index (χ3n) is 1.61. The Kier molecular flexibility index (Phi) is 4.45. The van der Waals surface area contributed by atoms with Crippen LogP contribution in [0.3, 0.4) is 0 Å². The summed E-state index contributed by atoms with van der Waals surface area (Å²) in [4.78, 5) is 15.4. The van der Waals surface area contributed by atoms with E-state index >= 15 is 0 Å². The van der Waals surface area contributed by atoms with Gasteiger partial charge in [-0.3, -0.25) is 4.79 Å². The van der Waals surface area contributed by atoms with Gasteiger partial charge in [0, 0.05) is 18.0 Å². The van der Waals surface area contributed by atoms with Crippen LogP contribution >= 0.6 is 11.3 Å². The SMILES string of the molecule is Cc1nc(/C=C/C(=O)NC[C@H](C)O)cs1. The molecule has 0 bridgehead atoms. The van der Waals surface area contributed by atoms with Gasteiger partial charge < -0.3 is 10.4 Å². The average Bonchev–Trinajstić information content (AvgIpc) is 2.58. The Morgan fingerprint density at radius 1 is 1.80 bits per heavy atom. The van der Waals surface area contributed by atoms with E-state index in [4.69, 9.17) is 5.11 Å². The standard InChI is InChI=1S/C10H14N2O2S/c1-7(13)5-11-10(14)4-3-9-6-15-8(2)12-9/h3-4,6-7,13H,5H2,1-2H3,(H,11,14)/b4-3+/t7-/m0/s1. The van der Waals surface area contributed by atoms with E-state index in [9.17, 15) is 4.79 Å². The number of hydrogen-bond acceptors (Lipinski definition) is 4. The Morgan fingerprint density at radius 2 is 2.53 bits per heavy atom. The molecule has 0 unspecified atom stereocenters. The zero-order valence-corrected chi connectivity index (χ0v) is 9.54. The molecule has 0 spiro atoms. The molecule has 1 aromatic heterocycles. The van der Waals surface area contributed by atoms with E-state index in [0.29, 0.717) is 0 Å². The van der Waals surface area contributed by atoms with Gasteiger partial charge in [0.15, 0.2) is 0 Å². The summed E-state index contributed by atoms with van der Waals surface area (Å²) >= 11 is 1.54. The average molecular weight is 226 g/mol. The van der Waals surface area contributed by atoms with Crippen molar-refractivity contribution in [2.24, 2.45) is 0 Å². The predicted octanol–water partition coefficient (Wildman–Crippen LogP) is 0.962. The normalized spacial score (nSPS) is 13.0. The molecule has 0 aliphatic rings. The van der Waals surface area contributed by atoms with E-state index in [0.717, 1.165) is 10.7 Å². The van der Waals surface area contributed by atoms with Gasteiger partial charge in [0.2, 0.25) is 5.91 Å². The van der Waals surface area contributed by atoms with E-state index in [1.807, 2.05) is 12.3 Å². The topological polar surface area (TPSA) is 62.2 Å². The first-order chi connectivity index (χ1) is 7.08. The number of aliphatic hydroxyl groups excluding tert-OH is 1. The Labute approximate surface area is 92.7 Å². The highest BCUT2D eigenvalue weighted by molar-refractivity contribution is 7.09. The second-order valence-electron chi connectivity index (χ2n) is 3.22. The van der Waals surface area contributed by atoms with E-state index in [-0.39, 0.29) is 12.5 Å². The molecular formula is C10H14N2O2S. The molecule has 0 fully saturated rings. The van der Waals surface area contributed by atoms with Crippen LogP contribution in [0.25, 0.3) is 6.08 Å². The van der Waals surface area contributed by atoms with E-state index in [2.05, 4.69) is 10.3 Å². The first-order valence-electron chi connectivity index (χ1n) is 4.64. The van der Waals surface area contributed by atoms with Crippen molar-refractivity contribution in [3.8, 4) is 0 Å². The number of amides is 1. The smallest absolute Gasteiger partial charge is 0.244 e. The monoisotopic (exact) mass is 226 g/mol. The van der Waals surface area contributed by atoms with Gasteiger partial charge in [-0.25, -0.2) is 4.98 Å². The van der Waals surface area contributed by atoms with Gasteiger partial charge in [-0.2, -0.15) is 0 Å². The summed E-state index contributed by atoms with van der Waals surface area (Å²) in [5, 5.41) is 14.4. The van der Waals surface area contributed by atoms with Gasteiger partial charge in [0.25, 0.3) is 0 Å². The molecule has 82 valence electrons. The molecule has 1 aromatic rings. The van der Waals surface area contributed by atoms with Crippen molar-refractivity contribution in [3.05, 3.63) is 22.2 Å². The maximum Gasteiger partial charge on any atom is 0.244 e. The van der Waals surface area contributed by atoms with Crippen LogP contribution in [-0.2, 0) is 4.79 Å². The predicted molar refractivity (Wildman–Crippen MR) is 60.6 cm³/mol. The van der Waals surface area contributed by atoms with E-state index < -0.39 is 6.10 Å². The van der Waals surface area contributed by atoms with Gasteiger partial charge in [0.05, 0.1) is 16.8 Å². The molecule has 0 saturated carbocycles. The third kappa shape index (κ3) is 4.71. The number of carbonyl (C=O) groups excluding carboxylic acids is 1. The van der Waals surface area contributed by atoms with Crippen LogP contribution in [0.2, 0.25) is 0 Å². The van der Waals surface area contributed by atoms with Crippen LogP contribution in [0.5, 0.6) is 0 Å². The minimum atomic E-state index is -0.524. The van der Waals surface area contributed by atoms with Crippen LogP contribution in [0, 0.1) is 6.92 Å². The Morgan fingerprint density at radius 3 is 3.07 bits per heavy atom. The third-order valence-corrected chi connectivity index (χ3v) is 2.41. The number of aliphatic hydroxyl groups is 1. The highest BCUT2D eigenvalue weighted by Crippen LogP contribution is 2.08. The number of nitrogens with zero attached hydrogens (tertiary/aromatic N) is 1. The summed E-state index contributed by atoms with van der Waals surface area (Å²) in [6, 6.07) is 0. The summed E-state index contributed by atoms with van der Waals surface area (Å²) in [6.07, 6.45) is 2.54. The number of thiazole rings is 1. The lowest BCUT2D eigenvalue weighted by Crippen LogP contribution is -2.28. The lowest BCUT2D eigenvalue weighted by atomic mass is 10.3. The van der Waals surface area contributed by atoms with Crippen molar-refractivity contribution in [1.29, 1.82) is 0 Å². The fourth-order valence-electron chi connectivity index (χ4n) is 0.925. The molecule has 15 heavy (non-hydrogen) atoms. The van der Waals surface area contributed by atoms with Gasteiger partial charge >= 0.3 is 0 Å². The van der Waals surface area contributed by atoms with Crippen molar-refractivity contribution < 1.29 is 9.90 Å². The minimum Gasteiger partial charge on any atom is -0.392 e. The summed E-state index contributed by atoms with van der Waals surface area (Å²) in [5.74, 6) is -0.221. The number of aromatic nitrogens is 1. The lowest BCUT2D eigenvalue weighted by Gasteiger charge is -2.03. The number of hydrogen-bond donors (Lipinski definition) is 2. The Hall–Kier alpha value is -1.20. The molecule has 0 radical (unpaired) electrons. The van der Waals surface area contributed by atoms with Crippen molar-refractivity contribution in [3.63, 3.8) is 0 Å². The highest BCUT2D eigenvalue weighted by atomic mass is 32.1. The van der Waals surface area contributed by atoms with Crippen molar-refractivity contribution >= 4 is 23.3 Å². The number of aryl methyl sites for hydroxylation is 1. The summed E-state index contributed by atoms with van der Waals surface area (Å²) in [6.45, 7) is 3.79. The van der Waals surface area contributed by atoms with Crippen LogP contribution in [0.1, 0.15) is 17.6 Å². The molecule has 0 aromatic carbocycles. The zero-order chi connectivity index (χ0) is 11.3. The highest BCUT2D eigenvalue weighted by Gasteiger charge is 1.99. The molecule has 0 aliphatic heterocycles. The van der Waals surface area contributed by atoms with Crippen LogP contribution < -0.4 is 5.32 Å². The Balaban J connectivity index is 2.40. The number of rotatable bonds is 4. The molecule has 0 aliphatic carbocycles. The van der Waals surface area contributed by atoms with Gasteiger partial charge in [-0.1, -0.05) is 0 Å². The summed E-state index contributed by atoms with van der Waals surface area (Å²) in [7, 11) is 0. The molecular weight excluding hydrogens is 212 g/mol. The molecule has 1 atom stereocenters. The molecule has 1 amide bonds. The zero-order valence-electron chi connectivity index (χ0n) is 8.73. The van der Waals surface area contributed by atoms with Gasteiger partial charge in [-0.15, -0.1) is 11.3 Å². The molecule has 0 saturated heterocycles. The molecule has 5 heteroatoms. The van der Waals surface area contributed by atoms with Crippen molar-refractivity contribution in [2.45, 2.75) is 20.0 Å². The first-order valence-corrected chi connectivity index (χ1v) is 5.52. The molecule has 4 nitrogen and oxygen atoms in total. The largest absolute Gasteiger partial charge is 0.392 e. The van der Waals surface area contributed by atoms with E-state index in [1.54, 1.807) is 24.3 Å². The van der Waals surface area contributed by atoms with Crippen LogP contribution in [0.4, 0.5) is 0 Å². The fraction of sp³-hybridized carbons (Fsp3) is 0.400.